The fourth-order valence-electron chi connectivity index (χ4n) is 2.91. The van der Waals surface area contributed by atoms with Crippen LogP contribution in [-0.4, -0.2) is 32.6 Å². The van der Waals surface area contributed by atoms with E-state index in [1.165, 1.54) is 12.8 Å². The van der Waals surface area contributed by atoms with Gasteiger partial charge in [0.2, 0.25) is 0 Å². The van der Waals surface area contributed by atoms with Crippen LogP contribution in [0.3, 0.4) is 0 Å². The minimum atomic E-state index is -0.710. The first-order valence-corrected chi connectivity index (χ1v) is 8.50. The quantitative estimate of drug-likeness (QED) is 0.796. The van der Waals surface area contributed by atoms with Gasteiger partial charge in [0.1, 0.15) is 0 Å². The molecule has 3 unspecified atom stereocenters. The Kier molecular flexibility index (Phi) is 5.64. The summed E-state index contributed by atoms with van der Waals surface area (Å²) in [6.07, 6.45) is 4.71. The average molecular weight is 312 g/mol. The summed E-state index contributed by atoms with van der Waals surface area (Å²) in [4.78, 5) is 26.7. The molecule has 21 heavy (non-hydrogen) atoms. The van der Waals surface area contributed by atoms with Gasteiger partial charge in [-0.2, -0.15) is 4.98 Å². The van der Waals surface area contributed by atoms with Gasteiger partial charge < -0.3 is 5.32 Å². The lowest BCUT2D eigenvalue weighted by molar-refractivity contribution is 0.297. The van der Waals surface area contributed by atoms with Gasteiger partial charge in [-0.05, 0) is 31.7 Å². The normalized spacial score (nSPS) is 26.0. The molecule has 0 radical (unpaired) electrons. The third-order valence-corrected chi connectivity index (χ3v) is 5.55. The first-order chi connectivity index (χ1) is 10.0. The molecular formula is C14H24N4O2S. The van der Waals surface area contributed by atoms with E-state index >= 15 is 0 Å². The Morgan fingerprint density at radius 3 is 2.81 bits per heavy atom. The third-order valence-electron chi connectivity index (χ3n) is 4.15. The van der Waals surface area contributed by atoms with E-state index in [0.29, 0.717) is 16.4 Å². The second-order valence-electron chi connectivity index (χ2n) is 5.61. The largest absolute Gasteiger partial charge is 0.339 e. The van der Waals surface area contributed by atoms with E-state index in [-0.39, 0.29) is 0 Å². The van der Waals surface area contributed by atoms with Gasteiger partial charge in [-0.1, -0.05) is 32.0 Å². The molecule has 1 aliphatic rings. The summed E-state index contributed by atoms with van der Waals surface area (Å²) in [6, 6.07) is 0.437. The summed E-state index contributed by atoms with van der Waals surface area (Å²) in [7, 11) is 1.72. The Balaban J connectivity index is 2.19. The molecule has 1 aliphatic carbocycles. The number of hydrogen-bond donors (Lipinski definition) is 2. The van der Waals surface area contributed by atoms with Gasteiger partial charge >= 0.3 is 11.1 Å². The maximum Gasteiger partial charge on any atom is 0.339 e. The lowest BCUT2D eigenvalue weighted by Crippen LogP contribution is -2.43. The Hall–Kier alpha value is -1.08. The molecule has 6 nitrogen and oxygen atoms in total. The summed E-state index contributed by atoms with van der Waals surface area (Å²) in [5.74, 6) is 0.734. The van der Waals surface area contributed by atoms with E-state index in [1.807, 2.05) is 0 Å². The number of aromatic nitrogens is 3. The van der Waals surface area contributed by atoms with Gasteiger partial charge in [-0.15, -0.1) is 0 Å². The molecule has 0 saturated heterocycles. The number of H-pyrrole nitrogens is 1. The highest BCUT2D eigenvalue weighted by molar-refractivity contribution is 7.99. The van der Waals surface area contributed by atoms with Crippen molar-refractivity contribution in [1.29, 1.82) is 0 Å². The third kappa shape index (κ3) is 3.97. The van der Waals surface area contributed by atoms with E-state index < -0.39 is 11.1 Å². The molecule has 0 aromatic carbocycles. The van der Waals surface area contributed by atoms with Crippen LogP contribution in [0.4, 0.5) is 0 Å². The van der Waals surface area contributed by atoms with Crippen molar-refractivity contribution in [3.63, 3.8) is 0 Å². The van der Waals surface area contributed by atoms with E-state index in [4.69, 9.17) is 0 Å². The van der Waals surface area contributed by atoms with E-state index in [0.717, 1.165) is 25.3 Å². The fourth-order valence-corrected chi connectivity index (χ4v) is 4.29. The van der Waals surface area contributed by atoms with Crippen LogP contribution in [0.25, 0.3) is 0 Å². The van der Waals surface area contributed by atoms with Gasteiger partial charge in [-0.25, -0.2) is 0 Å². The predicted octanol–water partition coefficient (Wildman–Crippen LogP) is 1.12. The summed E-state index contributed by atoms with van der Waals surface area (Å²) in [6.45, 7) is 5.28. The zero-order chi connectivity index (χ0) is 15.4. The van der Waals surface area contributed by atoms with Gasteiger partial charge in [-0.3, -0.25) is 19.4 Å². The van der Waals surface area contributed by atoms with Crippen molar-refractivity contribution in [2.24, 2.45) is 13.0 Å². The number of aromatic amines is 1. The standard InChI is InChI=1S/C14H24N4O2S/c1-4-9-6-7-10(15-5-2)11(8-9)21-14-16-12(19)13(20)17-18(14)3/h9-11,15H,4-8H2,1-3H3,(H,17,20). The molecule has 0 spiro atoms. The smallest absolute Gasteiger partial charge is 0.313 e. The highest BCUT2D eigenvalue weighted by Gasteiger charge is 2.31. The van der Waals surface area contributed by atoms with E-state index in [1.54, 1.807) is 23.5 Å². The van der Waals surface area contributed by atoms with Crippen LogP contribution in [0, 0.1) is 5.92 Å². The Morgan fingerprint density at radius 1 is 1.38 bits per heavy atom. The Morgan fingerprint density at radius 2 is 2.14 bits per heavy atom. The molecule has 0 bridgehead atoms. The summed E-state index contributed by atoms with van der Waals surface area (Å²) in [5, 5.41) is 7.02. The molecule has 7 heteroatoms. The zero-order valence-corrected chi connectivity index (χ0v) is 13.7. The van der Waals surface area contributed by atoms with Crippen LogP contribution in [0.15, 0.2) is 14.7 Å². The van der Waals surface area contributed by atoms with Crippen molar-refractivity contribution >= 4 is 11.8 Å². The zero-order valence-electron chi connectivity index (χ0n) is 12.9. The second kappa shape index (κ2) is 7.26. The number of nitrogens with zero attached hydrogens (tertiary/aromatic N) is 2. The summed E-state index contributed by atoms with van der Waals surface area (Å²) < 4.78 is 1.55. The summed E-state index contributed by atoms with van der Waals surface area (Å²) >= 11 is 1.60. The number of thioether (sulfide) groups is 1. The maximum atomic E-state index is 11.5. The van der Waals surface area contributed by atoms with Crippen LogP contribution in [0.5, 0.6) is 0 Å². The Labute approximate surface area is 128 Å². The molecule has 118 valence electrons. The highest BCUT2D eigenvalue weighted by Crippen LogP contribution is 2.36. The molecule has 0 aliphatic heterocycles. The lowest BCUT2D eigenvalue weighted by Gasteiger charge is -2.35. The average Bonchev–Trinajstić information content (AvgIpc) is 2.46. The van der Waals surface area contributed by atoms with E-state index in [9.17, 15) is 9.59 Å². The Bertz CT molecular complexity index is 583. The number of hydrogen-bond acceptors (Lipinski definition) is 5. The van der Waals surface area contributed by atoms with Crippen LogP contribution in [-0.2, 0) is 7.05 Å². The molecule has 0 amide bonds. The molecule has 3 atom stereocenters. The molecule has 1 heterocycles. The van der Waals surface area contributed by atoms with Crippen LogP contribution in [0.1, 0.15) is 39.5 Å². The maximum absolute atomic E-state index is 11.5. The van der Waals surface area contributed by atoms with Crippen molar-refractivity contribution in [2.75, 3.05) is 6.54 Å². The molecule has 1 fully saturated rings. The fraction of sp³-hybridized carbons (Fsp3) is 0.786. The van der Waals surface area contributed by atoms with Gasteiger partial charge in [0.05, 0.1) is 0 Å². The van der Waals surface area contributed by atoms with E-state index in [2.05, 4.69) is 29.2 Å². The van der Waals surface area contributed by atoms with Crippen LogP contribution >= 0.6 is 11.8 Å². The molecule has 1 aromatic heterocycles. The van der Waals surface area contributed by atoms with Gasteiger partial charge in [0.15, 0.2) is 5.16 Å². The molecule has 1 saturated carbocycles. The van der Waals surface area contributed by atoms with Crippen molar-refractivity contribution in [1.82, 2.24) is 20.1 Å². The molecular weight excluding hydrogens is 288 g/mol. The topological polar surface area (TPSA) is 79.8 Å². The summed E-state index contributed by atoms with van der Waals surface area (Å²) in [5.41, 5.74) is -1.38. The van der Waals surface area contributed by atoms with Crippen molar-refractivity contribution in [3.05, 3.63) is 20.7 Å². The predicted molar refractivity (Wildman–Crippen MR) is 84.8 cm³/mol. The molecule has 1 aromatic rings. The van der Waals surface area contributed by atoms with Crippen molar-refractivity contribution in [2.45, 2.75) is 56.0 Å². The van der Waals surface area contributed by atoms with Crippen LogP contribution in [0.2, 0.25) is 0 Å². The van der Waals surface area contributed by atoms with Gasteiger partial charge in [0.25, 0.3) is 0 Å². The molecule has 2 rings (SSSR count). The van der Waals surface area contributed by atoms with Crippen molar-refractivity contribution in [3.8, 4) is 0 Å². The second-order valence-corrected chi connectivity index (χ2v) is 6.81. The monoisotopic (exact) mass is 312 g/mol. The minimum Gasteiger partial charge on any atom is -0.313 e. The van der Waals surface area contributed by atoms with Gasteiger partial charge in [0, 0.05) is 18.3 Å². The van der Waals surface area contributed by atoms with Crippen molar-refractivity contribution < 1.29 is 0 Å². The SMILES string of the molecule is CCNC1CCC(CC)CC1Sc1nc(=O)c(=O)[nH]n1C. The number of rotatable bonds is 5. The highest BCUT2D eigenvalue weighted by atomic mass is 32.2. The minimum absolute atomic E-state index is 0.382. The number of aryl methyl sites for hydroxylation is 1. The lowest BCUT2D eigenvalue weighted by atomic mass is 9.84. The van der Waals surface area contributed by atoms with Crippen LogP contribution < -0.4 is 16.4 Å². The first-order valence-electron chi connectivity index (χ1n) is 7.62. The number of nitrogens with one attached hydrogen (secondary N) is 2. The molecule has 2 N–H and O–H groups in total. The first kappa shape index (κ1) is 16.3.